The van der Waals surface area contributed by atoms with E-state index in [-0.39, 0.29) is 31.1 Å². The first-order valence-corrected chi connectivity index (χ1v) is 29.2. The van der Waals surface area contributed by atoms with Crippen LogP contribution in [0.5, 0.6) is 0 Å². The number of unbranched alkanes of at least 4 members (excludes halogenated alkanes) is 38. The van der Waals surface area contributed by atoms with Gasteiger partial charge in [-0.3, -0.25) is 14.4 Å². The minimum absolute atomic E-state index is 0.0630. The third-order valence-electron chi connectivity index (χ3n) is 13.5. The zero-order valence-corrected chi connectivity index (χ0v) is 44.6. The van der Waals surface area contributed by atoms with Crippen LogP contribution in [0.2, 0.25) is 0 Å². The molecule has 0 spiro atoms. The number of ether oxygens (including phenoxy) is 3. The molecule has 0 saturated carbocycles. The van der Waals surface area contributed by atoms with Gasteiger partial charge in [-0.2, -0.15) is 0 Å². The van der Waals surface area contributed by atoms with E-state index >= 15 is 0 Å². The Morgan fingerprint density at radius 1 is 0.292 bits per heavy atom. The Labute approximate surface area is 406 Å². The van der Waals surface area contributed by atoms with Gasteiger partial charge in [-0.1, -0.05) is 291 Å². The van der Waals surface area contributed by atoms with Crippen molar-refractivity contribution in [1.29, 1.82) is 0 Å². The van der Waals surface area contributed by atoms with Gasteiger partial charge in [0.2, 0.25) is 0 Å². The second-order valence-corrected chi connectivity index (χ2v) is 21.2. The highest BCUT2D eigenvalue weighted by molar-refractivity contribution is 5.71. The topological polar surface area (TPSA) is 78.9 Å². The van der Waals surface area contributed by atoms with Crippen molar-refractivity contribution in [1.82, 2.24) is 0 Å². The van der Waals surface area contributed by atoms with Gasteiger partial charge < -0.3 is 14.2 Å². The van der Waals surface area contributed by atoms with Crippen LogP contribution in [-0.4, -0.2) is 37.2 Å². The molecule has 6 nitrogen and oxygen atoms in total. The fourth-order valence-corrected chi connectivity index (χ4v) is 9.05. The molecule has 0 bridgehead atoms. The molecule has 6 heteroatoms. The molecule has 0 radical (unpaired) electrons. The van der Waals surface area contributed by atoms with Crippen LogP contribution in [0.4, 0.5) is 0 Å². The highest BCUT2D eigenvalue weighted by atomic mass is 16.6. The minimum atomic E-state index is -0.763. The van der Waals surface area contributed by atoms with Crippen LogP contribution in [0.25, 0.3) is 0 Å². The average molecular weight is 920 g/mol. The van der Waals surface area contributed by atoms with E-state index < -0.39 is 6.10 Å². The van der Waals surface area contributed by atoms with Crippen molar-refractivity contribution < 1.29 is 28.6 Å². The molecule has 0 fully saturated rings. The summed E-state index contributed by atoms with van der Waals surface area (Å²) in [6.45, 7) is 11.4. The van der Waals surface area contributed by atoms with Crippen LogP contribution in [0.3, 0.4) is 0 Å². The molecule has 0 rings (SSSR count). The molecule has 0 saturated heterocycles. The Bertz CT molecular complexity index is 993. The predicted molar refractivity (Wildman–Crippen MR) is 280 cm³/mol. The van der Waals surface area contributed by atoms with E-state index in [1.165, 1.54) is 218 Å². The zero-order chi connectivity index (χ0) is 47.5. The van der Waals surface area contributed by atoms with Crippen molar-refractivity contribution >= 4 is 17.9 Å². The molecule has 0 heterocycles. The van der Waals surface area contributed by atoms with Gasteiger partial charge in [0.05, 0.1) is 0 Å². The first-order chi connectivity index (χ1) is 31.7. The normalized spacial score (nSPS) is 12.0. The molecule has 1 atom stereocenters. The lowest BCUT2D eigenvalue weighted by Crippen LogP contribution is -2.30. The van der Waals surface area contributed by atoms with Crippen molar-refractivity contribution in [2.45, 2.75) is 336 Å². The lowest BCUT2D eigenvalue weighted by molar-refractivity contribution is -0.167. The molecular formula is C59H114O6. The van der Waals surface area contributed by atoms with E-state index in [0.717, 1.165) is 69.6 Å². The highest BCUT2D eigenvalue weighted by Crippen LogP contribution is 2.18. The van der Waals surface area contributed by atoms with Crippen LogP contribution in [0.15, 0.2) is 0 Å². The third kappa shape index (κ3) is 53.2. The van der Waals surface area contributed by atoms with Crippen molar-refractivity contribution in [3.63, 3.8) is 0 Å². The first kappa shape index (κ1) is 63.4. The molecule has 0 aliphatic rings. The maximum absolute atomic E-state index is 12.9. The summed E-state index contributed by atoms with van der Waals surface area (Å²) in [7, 11) is 0. The SMILES string of the molecule is CCCCCCCCCCCCCCCCCC(=O)OC[C@H](COC(=O)CCCCCCCCCCC(C)C)OC(=O)CCCCCCCCCCCCCCCCCCCCC(C)C. The molecule has 0 unspecified atom stereocenters. The predicted octanol–water partition coefficient (Wildman–Crippen LogP) is 19.3. The van der Waals surface area contributed by atoms with Gasteiger partial charge in [0.1, 0.15) is 13.2 Å². The number of rotatable bonds is 53. The summed E-state index contributed by atoms with van der Waals surface area (Å²) in [6, 6.07) is 0. The fraction of sp³-hybridized carbons (Fsp3) is 0.949. The van der Waals surface area contributed by atoms with Crippen LogP contribution < -0.4 is 0 Å². The summed E-state index contributed by atoms with van der Waals surface area (Å²) in [4.78, 5) is 38.1. The van der Waals surface area contributed by atoms with Crippen LogP contribution in [-0.2, 0) is 28.6 Å². The van der Waals surface area contributed by atoms with E-state index in [2.05, 4.69) is 34.6 Å². The van der Waals surface area contributed by atoms with Gasteiger partial charge in [-0.05, 0) is 31.1 Å². The molecule has 0 aliphatic carbocycles. The van der Waals surface area contributed by atoms with Gasteiger partial charge in [-0.25, -0.2) is 0 Å². The monoisotopic (exact) mass is 919 g/mol. The van der Waals surface area contributed by atoms with E-state index in [1.54, 1.807) is 0 Å². The van der Waals surface area contributed by atoms with E-state index in [4.69, 9.17) is 14.2 Å². The van der Waals surface area contributed by atoms with Crippen molar-refractivity contribution in [3.05, 3.63) is 0 Å². The smallest absolute Gasteiger partial charge is 0.306 e. The summed E-state index contributed by atoms with van der Waals surface area (Å²) in [5.41, 5.74) is 0. The van der Waals surface area contributed by atoms with Crippen LogP contribution >= 0.6 is 0 Å². The second kappa shape index (κ2) is 51.8. The molecular weight excluding hydrogens is 805 g/mol. The quantitative estimate of drug-likeness (QED) is 0.0344. The van der Waals surface area contributed by atoms with Gasteiger partial charge in [-0.15, -0.1) is 0 Å². The molecule has 0 amide bonds. The fourth-order valence-electron chi connectivity index (χ4n) is 9.05. The Balaban J connectivity index is 4.24. The summed E-state index contributed by atoms with van der Waals surface area (Å²) < 4.78 is 16.9. The number of carbonyl (C=O) groups is 3. The second-order valence-electron chi connectivity index (χ2n) is 21.2. The van der Waals surface area contributed by atoms with Gasteiger partial charge in [0, 0.05) is 19.3 Å². The highest BCUT2D eigenvalue weighted by Gasteiger charge is 2.19. The van der Waals surface area contributed by atoms with E-state index in [1.807, 2.05) is 0 Å². The lowest BCUT2D eigenvalue weighted by atomic mass is 10.0. The van der Waals surface area contributed by atoms with Crippen LogP contribution in [0, 0.1) is 11.8 Å². The Hall–Kier alpha value is -1.59. The number of carbonyl (C=O) groups excluding carboxylic acids is 3. The average Bonchev–Trinajstić information content (AvgIpc) is 3.28. The van der Waals surface area contributed by atoms with Crippen molar-refractivity contribution in [2.75, 3.05) is 13.2 Å². The Kier molecular flexibility index (Phi) is 50.5. The zero-order valence-electron chi connectivity index (χ0n) is 44.6. The van der Waals surface area contributed by atoms with E-state index in [0.29, 0.717) is 19.3 Å². The maximum atomic E-state index is 12.9. The molecule has 65 heavy (non-hydrogen) atoms. The van der Waals surface area contributed by atoms with Gasteiger partial charge in [0.25, 0.3) is 0 Å². The van der Waals surface area contributed by atoms with Crippen LogP contribution in [0.1, 0.15) is 330 Å². The maximum Gasteiger partial charge on any atom is 0.306 e. The molecule has 0 aliphatic heterocycles. The summed E-state index contributed by atoms with van der Waals surface area (Å²) in [5.74, 6) is 0.814. The van der Waals surface area contributed by atoms with Gasteiger partial charge in [0.15, 0.2) is 6.10 Å². The molecule has 0 N–H and O–H groups in total. The standard InChI is InChI=1S/C59H114O6/c1-6-7-8-9-10-11-12-13-18-22-25-28-34-39-44-49-57(60)63-52-56(53-64-58(61)50-45-40-35-31-30-33-38-43-48-55(4)5)65-59(62)51-46-41-36-29-26-23-20-17-15-14-16-19-21-24-27-32-37-42-47-54(2)3/h54-56H,6-53H2,1-5H3/t56-/m1/s1. The summed E-state index contributed by atoms with van der Waals surface area (Å²) >= 11 is 0. The largest absolute Gasteiger partial charge is 0.462 e. The van der Waals surface area contributed by atoms with Crippen molar-refractivity contribution in [2.24, 2.45) is 11.8 Å². The molecule has 0 aromatic heterocycles. The summed E-state index contributed by atoms with van der Waals surface area (Å²) in [6.07, 6.45) is 55.3. The lowest BCUT2D eigenvalue weighted by Gasteiger charge is -2.18. The number of hydrogen-bond donors (Lipinski definition) is 0. The first-order valence-electron chi connectivity index (χ1n) is 29.2. The van der Waals surface area contributed by atoms with Gasteiger partial charge >= 0.3 is 17.9 Å². The summed E-state index contributed by atoms with van der Waals surface area (Å²) in [5, 5.41) is 0. The molecule has 386 valence electrons. The van der Waals surface area contributed by atoms with Crippen molar-refractivity contribution in [3.8, 4) is 0 Å². The molecule has 0 aromatic carbocycles. The third-order valence-corrected chi connectivity index (χ3v) is 13.5. The minimum Gasteiger partial charge on any atom is -0.462 e. The Morgan fingerprint density at radius 3 is 0.754 bits per heavy atom. The van der Waals surface area contributed by atoms with E-state index in [9.17, 15) is 14.4 Å². The Morgan fingerprint density at radius 2 is 0.508 bits per heavy atom. The number of hydrogen-bond acceptors (Lipinski definition) is 6. The number of esters is 3. The molecule has 0 aromatic rings.